The zero-order valence-corrected chi connectivity index (χ0v) is 12.5. The molecule has 0 saturated heterocycles. The molecule has 0 bridgehead atoms. The second-order valence-corrected chi connectivity index (χ2v) is 5.62. The molecule has 2 N–H and O–H groups in total. The van der Waals surface area contributed by atoms with Crippen molar-refractivity contribution in [3.63, 3.8) is 0 Å². The number of rotatable bonds is 3. The molecule has 1 aromatic rings. The van der Waals surface area contributed by atoms with E-state index in [-0.39, 0.29) is 6.04 Å². The Morgan fingerprint density at radius 2 is 2.00 bits per heavy atom. The maximum atomic E-state index is 11.6. The van der Waals surface area contributed by atoms with Gasteiger partial charge in [-0.05, 0) is 30.5 Å². The van der Waals surface area contributed by atoms with Crippen LogP contribution in [0, 0.1) is 0 Å². The van der Waals surface area contributed by atoms with Crippen LogP contribution >= 0.6 is 15.9 Å². The Kier molecular flexibility index (Phi) is 5.29. The third-order valence-electron chi connectivity index (χ3n) is 3.13. The molecular weight excluding hydrogens is 322 g/mol. The highest BCUT2D eigenvalue weighted by molar-refractivity contribution is 9.10. The van der Waals surface area contributed by atoms with Crippen LogP contribution < -0.4 is 10.7 Å². The third kappa shape index (κ3) is 4.45. The van der Waals surface area contributed by atoms with Crippen LogP contribution in [0.25, 0.3) is 0 Å². The molecule has 0 heterocycles. The van der Waals surface area contributed by atoms with Crippen LogP contribution in [0.1, 0.15) is 31.2 Å². The lowest BCUT2D eigenvalue weighted by atomic mass is 10.2. The molecule has 0 aromatic heterocycles. The van der Waals surface area contributed by atoms with Gasteiger partial charge in [-0.1, -0.05) is 40.9 Å². The van der Waals surface area contributed by atoms with Gasteiger partial charge in [0.25, 0.3) is 0 Å². The summed E-state index contributed by atoms with van der Waals surface area (Å²) in [5.74, 6) is -1.36. The molecule has 0 atom stereocenters. The molecule has 2 rings (SSSR count). The van der Waals surface area contributed by atoms with Crippen molar-refractivity contribution in [1.82, 2.24) is 10.7 Å². The van der Waals surface area contributed by atoms with Gasteiger partial charge in [-0.15, -0.1) is 0 Å². The first-order valence-electron chi connectivity index (χ1n) is 6.54. The maximum Gasteiger partial charge on any atom is 0.329 e. The molecule has 106 valence electrons. The number of nitrogens with zero attached hydrogens (tertiary/aromatic N) is 1. The molecule has 1 aromatic carbocycles. The number of halogens is 1. The first-order valence-corrected chi connectivity index (χ1v) is 7.34. The average molecular weight is 338 g/mol. The van der Waals surface area contributed by atoms with Gasteiger partial charge in [0, 0.05) is 10.5 Å². The molecule has 2 amide bonds. The molecular formula is C14H16BrN3O2. The smallest absolute Gasteiger partial charge is 0.329 e. The number of hydrazone groups is 1. The van der Waals surface area contributed by atoms with E-state index in [4.69, 9.17) is 0 Å². The van der Waals surface area contributed by atoms with Crippen LogP contribution in [-0.4, -0.2) is 24.1 Å². The molecule has 0 spiro atoms. The number of benzene rings is 1. The van der Waals surface area contributed by atoms with Crippen LogP contribution in [0.15, 0.2) is 33.8 Å². The van der Waals surface area contributed by atoms with Crippen molar-refractivity contribution in [2.75, 3.05) is 0 Å². The Morgan fingerprint density at radius 3 is 2.70 bits per heavy atom. The minimum Gasteiger partial charge on any atom is -0.345 e. The van der Waals surface area contributed by atoms with Gasteiger partial charge >= 0.3 is 11.8 Å². The largest absolute Gasteiger partial charge is 0.345 e. The molecule has 1 aliphatic rings. The van der Waals surface area contributed by atoms with Gasteiger partial charge in [-0.3, -0.25) is 9.59 Å². The Labute approximate surface area is 126 Å². The molecule has 1 aliphatic carbocycles. The van der Waals surface area contributed by atoms with Crippen molar-refractivity contribution in [3.05, 3.63) is 34.3 Å². The predicted molar refractivity (Wildman–Crippen MR) is 80.3 cm³/mol. The van der Waals surface area contributed by atoms with E-state index in [2.05, 4.69) is 31.8 Å². The Morgan fingerprint density at radius 1 is 1.25 bits per heavy atom. The lowest BCUT2D eigenvalue weighted by Gasteiger charge is -2.10. The van der Waals surface area contributed by atoms with Gasteiger partial charge in [0.15, 0.2) is 0 Å². The Bertz CT molecular complexity index is 525. The summed E-state index contributed by atoms with van der Waals surface area (Å²) in [5.41, 5.74) is 3.06. The van der Waals surface area contributed by atoms with E-state index < -0.39 is 11.8 Å². The molecule has 6 heteroatoms. The standard InChI is InChI=1S/C14H16BrN3O2/c15-11-5-3-4-10(8-11)9-16-18-14(20)13(19)17-12-6-1-2-7-12/h3-5,8-9,12H,1-2,6-7H2,(H,17,19)(H,18,20)/b16-9-. The van der Waals surface area contributed by atoms with Gasteiger partial charge in [0.05, 0.1) is 6.21 Å². The van der Waals surface area contributed by atoms with Crippen molar-refractivity contribution in [3.8, 4) is 0 Å². The monoisotopic (exact) mass is 337 g/mol. The number of carbonyl (C=O) groups excluding carboxylic acids is 2. The molecule has 5 nitrogen and oxygen atoms in total. The summed E-state index contributed by atoms with van der Waals surface area (Å²) in [6.07, 6.45) is 5.59. The Hall–Kier alpha value is -1.69. The summed E-state index contributed by atoms with van der Waals surface area (Å²) in [6, 6.07) is 7.58. The van der Waals surface area contributed by atoms with Crippen molar-refractivity contribution < 1.29 is 9.59 Å². The fraction of sp³-hybridized carbons (Fsp3) is 0.357. The van der Waals surface area contributed by atoms with Crippen molar-refractivity contribution in [2.45, 2.75) is 31.7 Å². The van der Waals surface area contributed by atoms with Crippen molar-refractivity contribution in [2.24, 2.45) is 5.10 Å². The molecule has 0 radical (unpaired) electrons. The van der Waals surface area contributed by atoms with E-state index in [9.17, 15) is 9.59 Å². The summed E-state index contributed by atoms with van der Waals surface area (Å²) >= 11 is 3.34. The molecule has 0 unspecified atom stereocenters. The first kappa shape index (κ1) is 14.7. The fourth-order valence-electron chi connectivity index (χ4n) is 2.12. The van der Waals surface area contributed by atoms with E-state index in [0.29, 0.717) is 0 Å². The first-order chi connectivity index (χ1) is 9.65. The maximum absolute atomic E-state index is 11.6. The van der Waals surface area contributed by atoms with Crippen LogP contribution in [0.4, 0.5) is 0 Å². The highest BCUT2D eigenvalue weighted by Gasteiger charge is 2.20. The number of carbonyl (C=O) groups is 2. The molecule has 1 saturated carbocycles. The van der Waals surface area contributed by atoms with Crippen LogP contribution in [0.3, 0.4) is 0 Å². The number of hydrogen-bond acceptors (Lipinski definition) is 3. The fourth-order valence-corrected chi connectivity index (χ4v) is 2.54. The van der Waals surface area contributed by atoms with Crippen LogP contribution in [0.5, 0.6) is 0 Å². The summed E-state index contributed by atoms with van der Waals surface area (Å²) in [5, 5.41) is 6.48. The van der Waals surface area contributed by atoms with E-state index >= 15 is 0 Å². The lowest BCUT2D eigenvalue weighted by molar-refractivity contribution is -0.139. The van der Waals surface area contributed by atoms with Crippen LogP contribution in [0.2, 0.25) is 0 Å². The van der Waals surface area contributed by atoms with Gasteiger partial charge < -0.3 is 5.32 Å². The topological polar surface area (TPSA) is 70.6 Å². The summed E-state index contributed by atoms with van der Waals surface area (Å²) in [6.45, 7) is 0. The van der Waals surface area contributed by atoms with Gasteiger partial charge in [-0.2, -0.15) is 5.10 Å². The van der Waals surface area contributed by atoms with E-state index in [1.54, 1.807) is 0 Å². The quantitative estimate of drug-likeness (QED) is 0.502. The van der Waals surface area contributed by atoms with E-state index in [0.717, 1.165) is 35.7 Å². The van der Waals surface area contributed by atoms with Gasteiger partial charge in [0.1, 0.15) is 0 Å². The summed E-state index contributed by atoms with van der Waals surface area (Å²) in [4.78, 5) is 23.1. The highest BCUT2D eigenvalue weighted by Crippen LogP contribution is 2.17. The summed E-state index contributed by atoms with van der Waals surface area (Å²) in [7, 11) is 0. The second-order valence-electron chi connectivity index (χ2n) is 4.71. The molecule has 20 heavy (non-hydrogen) atoms. The number of amides is 2. The van der Waals surface area contributed by atoms with Gasteiger partial charge in [0.2, 0.25) is 0 Å². The van der Waals surface area contributed by atoms with Crippen molar-refractivity contribution in [1.29, 1.82) is 0 Å². The lowest BCUT2D eigenvalue weighted by Crippen LogP contribution is -2.42. The van der Waals surface area contributed by atoms with Crippen molar-refractivity contribution >= 4 is 34.0 Å². The van der Waals surface area contributed by atoms with Gasteiger partial charge in [-0.25, -0.2) is 5.43 Å². The number of hydrogen-bond donors (Lipinski definition) is 2. The van der Waals surface area contributed by atoms with E-state index in [1.807, 2.05) is 24.3 Å². The average Bonchev–Trinajstić information content (AvgIpc) is 2.91. The second kappa shape index (κ2) is 7.19. The van der Waals surface area contributed by atoms with E-state index in [1.165, 1.54) is 6.21 Å². The van der Waals surface area contributed by atoms with Crippen LogP contribution in [-0.2, 0) is 9.59 Å². The minimum atomic E-state index is -0.733. The predicted octanol–water partition coefficient (Wildman–Crippen LogP) is 1.96. The normalized spacial score (nSPS) is 15.4. The SMILES string of the molecule is O=C(N/N=C\c1cccc(Br)c1)C(=O)NC1CCCC1. The zero-order valence-electron chi connectivity index (χ0n) is 10.9. The number of nitrogens with one attached hydrogen (secondary N) is 2. The minimum absolute atomic E-state index is 0.127. The molecule has 0 aliphatic heterocycles. The highest BCUT2D eigenvalue weighted by atomic mass is 79.9. The Balaban J connectivity index is 1.80. The zero-order chi connectivity index (χ0) is 14.4. The third-order valence-corrected chi connectivity index (χ3v) is 3.62. The summed E-state index contributed by atoms with van der Waals surface area (Å²) < 4.78 is 0.923. The molecule has 1 fully saturated rings.